The van der Waals surface area contributed by atoms with E-state index in [1.165, 1.54) is 4.88 Å². The Kier molecular flexibility index (Phi) is 5.13. The Morgan fingerprint density at radius 1 is 1.28 bits per heavy atom. The third-order valence-corrected chi connectivity index (χ3v) is 4.79. The van der Waals surface area contributed by atoms with Gasteiger partial charge in [-0.25, -0.2) is 0 Å². The lowest BCUT2D eigenvalue weighted by atomic mass is 10.1. The fourth-order valence-electron chi connectivity index (χ4n) is 1.68. The van der Waals surface area contributed by atoms with Gasteiger partial charge in [-0.2, -0.15) is 0 Å². The Bertz CT molecular complexity index is 554. The van der Waals surface area contributed by atoms with E-state index < -0.39 is 0 Å². The molecule has 0 atom stereocenters. The molecule has 2 rings (SSSR count). The Balaban J connectivity index is 2.18. The van der Waals surface area contributed by atoms with Crippen LogP contribution in [0.3, 0.4) is 0 Å². The highest BCUT2D eigenvalue weighted by Crippen LogP contribution is 2.31. The van der Waals surface area contributed by atoms with E-state index in [4.69, 9.17) is 16.3 Å². The summed E-state index contributed by atoms with van der Waals surface area (Å²) in [6.07, 6.45) is 0. The number of thiophene rings is 1. The molecule has 0 saturated carbocycles. The summed E-state index contributed by atoms with van der Waals surface area (Å²) < 4.78 is 8.04. The maximum Gasteiger partial charge on any atom is 0.127 e. The van der Waals surface area contributed by atoms with Gasteiger partial charge in [-0.1, -0.05) is 15.9 Å². The third-order valence-electron chi connectivity index (χ3n) is 2.45. The van der Waals surface area contributed by atoms with E-state index in [0.717, 1.165) is 25.1 Å². The highest BCUT2D eigenvalue weighted by atomic mass is 79.9. The molecule has 0 fully saturated rings. The van der Waals surface area contributed by atoms with Crippen molar-refractivity contribution in [2.75, 3.05) is 0 Å². The van der Waals surface area contributed by atoms with E-state index in [2.05, 4.69) is 37.9 Å². The van der Waals surface area contributed by atoms with Gasteiger partial charge in [0, 0.05) is 14.9 Å². The molecule has 1 aromatic carbocycles. The molecule has 0 radical (unpaired) electrons. The predicted octanol–water partition coefficient (Wildman–Crippen LogP) is 5.90. The lowest BCUT2D eigenvalue weighted by Gasteiger charge is -2.13. The van der Waals surface area contributed by atoms with Gasteiger partial charge in [0.1, 0.15) is 12.4 Å². The molecule has 0 unspecified atom stereocenters. The number of rotatable bonds is 4. The molecule has 0 saturated heterocycles. The number of benzene rings is 1. The van der Waals surface area contributed by atoms with Crippen molar-refractivity contribution in [1.29, 1.82) is 0 Å². The second kappa shape index (κ2) is 6.42. The quantitative estimate of drug-likeness (QED) is 0.570. The van der Waals surface area contributed by atoms with Crippen molar-refractivity contribution in [2.24, 2.45) is 0 Å². The highest BCUT2D eigenvalue weighted by molar-refractivity contribution is 9.11. The normalized spacial score (nSPS) is 10.7. The Labute approximate surface area is 132 Å². The number of ether oxygens (including phenoxy) is 1. The summed E-state index contributed by atoms with van der Waals surface area (Å²) in [6.45, 7) is 2.60. The molecule has 0 amide bonds. The monoisotopic (exact) mass is 408 g/mol. The largest absolute Gasteiger partial charge is 0.487 e. The van der Waals surface area contributed by atoms with Crippen LogP contribution < -0.4 is 4.74 Å². The Morgan fingerprint density at radius 2 is 2.06 bits per heavy atom. The minimum Gasteiger partial charge on any atom is -0.487 e. The number of aryl methyl sites for hydroxylation is 1. The molecule has 0 aliphatic heterocycles. The van der Waals surface area contributed by atoms with Gasteiger partial charge in [-0.3, -0.25) is 0 Å². The molecule has 96 valence electrons. The topological polar surface area (TPSA) is 9.23 Å². The minimum absolute atomic E-state index is 0.448. The maximum absolute atomic E-state index is 5.96. The van der Waals surface area contributed by atoms with Gasteiger partial charge in [-0.05, 0) is 52.7 Å². The second-order valence-corrected chi connectivity index (χ2v) is 7.57. The smallest absolute Gasteiger partial charge is 0.127 e. The zero-order valence-electron chi connectivity index (χ0n) is 9.67. The van der Waals surface area contributed by atoms with Crippen LogP contribution in [0.2, 0.25) is 0 Å². The molecule has 0 aliphatic rings. The lowest BCUT2D eigenvalue weighted by Crippen LogP contribution is -1.98. The zero-order chi connectivity index (χ0) is 13.1. The van der Waals surface area contributed by atoms with Gasteiger partial charge in [0.25, 0.3) is 0 Å². The van der Waals surface area contributed by atoms with Crippen molar-refractivity contribution in [3.63, 3.8) is 0 Å². The first-order chi connectivity index (χ1) is 8.60. The molecule has 0 N–H and O–H groups in total. The van der Waals surface area contributed by atoms with Crippen LogP contribution in [0.5, 0.6) is 5.75 Å². The molecular weight excluding hydrogens is 399 g/mol. The Morgan fingerprint density at radius 3 is 2.67 bits per heavy atom. The van der Waals surface area contributed by atoms with Gasteiger partial charge in [0.15, 0.2) is 0 Å². The van der Waals surface area contributed by atoms with Crippen molar-refractivity contribution in [1.82, 2.24) is 0 Å². The summed E-state index contributed by atoms with van der Waals surface area (Å²) >= 11 is 14.6. The average molecular weight is 411 g/mol. The maximum atomic E-state index is 5.96. The van der Waals surface area contributed by atoms with Gasteiger partial charge in [0.05, 0.1) is 9.67 Å². The molecule has 1 nitrogen and oxygen atoms in total. The van der Waals surface area contributed by atoms with Crippen LogP contribution in [0.25, 0.3) is 0 Å². The fourth-order valence-corrected chi connectivity index (χ4v) is 3.89. The first kappa shape index (κ1) is 14.4. The van der Waals surface area contributed by atoms with E-state index in [9.17, 15) is 0 Å². The van der Waals surface area contributed by atoms with Gasteiger partial charge < -0.3 is 4.74 Å². The van der Waals surface area contributed by atoms with Crippen LogP contribution in [-0.2, 0) is 12.5 Å². The summed E-state index contributed by atoms with van der Waals surface area (Å²) in [5.74, 6) is 1.33. The minimum atomic E-state index is 0.448. The molecule has 0 spiro atoms. The molecule has 2 aromatic rings. The van der Waals surface area contributed by atoms with Crippen molar-refractivity contribution in [3.8, 4) is 5.75 Å². The van der Waals surface area contributed by atoms with Crippen LogP contribution >= 0.6 is 54.8 Å². The van der Waals surface area contributed by atoms with Crippen molar-refractivity contribution in [3.05, 3.63) is 48.5 Å². The average Bonchev–Trinajstić information content (AvgIpc) is 2.73. The summed E-state index contributed by atoms with van der Waals surface area (Å²) in [4.78, 5) is 1.18. The second-order valence-electron chi connectivity index (χ2n) is 3.84. The SMILES string of the molecule is Cc1cc(Br)cc(CCl)c1OCc1ccc(Br)s1. The standard InChI is InChI=1S/C13H11Br2ClOS/c1-8-4-10(14)5-9(6-16)13(8)17-7-11-2-3-12(15)18-11/h2-5H,6-7H2,1H3. The molecule has 18 heavy (non-hydrogen) atoms. The summed E-state index contributed by atoms with van der Waals surface area (Å²) in [5, 5.41) is 0. The lowest BCUT2D eigenvalue weighted by molar-refractivity contribution is 0.305. The zero-order valence-corrected chi connectivity index (χ0v) is 14.4. The van der Waals surface area contributed by atoms with E-state index in [1.54, 1.807) is 11.3 Å². The summed E-state index contributed by atoms with van der Waals surface area (Å²) in [6, 6.07) is 8.12. The molecule has 0 aliphatic carbocycles. The van der Waals surface area contributed by atoms with Crippen molar-refractivity contribution >= 4 is 54.8 Å². The van der Waals surface area contributed by atoms with Crippen molar-refractivity contribution in [2.45, 2.75) is 19.4 Å². The van der Waals surface area contributed by atoms with Crippen LogP contribution in [0.4, 0.5) is 0 Å². The first-order valence-corrected chi connectivity index (χ1v) is 8.26. The van der Waals surface area contributed by atoms with E-state index in [-0.39, 0.29) is 0 Å². The van der Waals surface area contributed by atoms with Gasteiger partial charge >= 0.3 is 0 Å². The predicted molar refractivity (Wildman–Crippen MR) is 84.8 cm³/mol. The summed E-state index contributed by atoms with van der Waals surface area (Å²) in [5.41, 5.74) is 2.11. The van der Waals surface area contributed by atoms with Crippen LogP contribution in [0.1, 0.15) is 16.0 Å². The highest BCUT2D eigenvalue weighted by Gasteiger charge is 2.09. The molecule has 1 aromatic heterocycles. The van der Waals surface area contributed by atoms with Crippen LogP contribution in [0, 0.1) is 6.92 Å². The fraction of sp³-hybridized carbons (Fsp3) is 0.231. The van der Waals surface area contributed by atoms with Crippen molar-refractivity contribution < 1.29 is 4.74 Å². The van der Waals surface area contributed by atoms with E-state index in [0.29, 0.717) is 12.5 Å². The number of hydrogen-bond donors (Lipinski definition) is 0. The number of halogens is 3. The molecule has 0 bridgehead atoms. The molecular formula is C13H11Br2ClOS. The van der Waals surface area contributed by atoms with Crippen LogP contribution in [0.15, 0.2) is 32.5 Å². The number of alkyl halides is 1. The van der Waals surface area contributed by atoms with Gasteiger partial charge in [-0.15, -0.1) is 22.9 Å². The van der Waals surface area contributed by atoms with E-state index in [1.807, 2.05) is 25.1 Å². The number of hydrogen-bond acceptors (Lipinski definition) is 2. The molecule has 1 heterocycles. The van der Waals surface area contributed by atoms with Gasteiger partial charge in [0.2, 0.25) is 0 Å². The Hall–Kier alpha value is -0.0300. The third kappa shape index (κ3) is 3.50. The van der Waals surface area contributed by atoms with E-state index >= 15 is 0 Å². The summed E-state index contributed by atoms with van der Waals surface area (Å²) in [7, 11) is 0. The van der Waals surface area contributed by atoms with Crippen LogP contribution in [-0.4, -0.2) is 0 Å². The first-order valence-electron chi connectivity index (χ1n) is 5.32. The molecule has 5 heteroatoms.